The van der Waals surface area contributed by atoms with Crippen LogP contribution in [0.25, 0.3) is 0 Å². The summed E-state index contributed by atoms with van der Waals surface area (Å²) in [5, 5.41) is 0.531. The molecule has 2 saturated heterocycles. The van der Waals surface area contributed by atoms with Crippen molar-refractivity contribution in [2.75, 3.05) is 26.8 Å². The van der Waals surface area contributed by atoms with E-state index in [1.807, 2.05) is 0 Å². The van der Waals surface area contributed by atoms with Crippen LogP contribution in [0, 0.1) is 0 Å². The Morgan fingerprint density at radius 1 is 1.50 bits per heavy atom. The molecule has 0 saturated carbocycles. The van der Waals surface area contributed by atoms with Crippen LogP contribution in [0.4, 0.5) is 0 Å². The van der Waals surface area contributed by atoms with Crippen LogP contribution in [0.3, 0.4) is 0 Å². The number of morpholine rings is 1. The van der Waals surface area contributed by atoms with Crippen LogP contribution in [0.2, 0.25) is 5.02 Å². The monoisotopic (exact) mass is 295 g/mol. The lowest BCUT2D eigenvalue weighted by molar-refractivity contribution is -0.0345. The average molecular weight is 296 g/mol. The minimum atomic E-state index is -0.420. The highest BCUT2D eigenvalue weighted by Crippen LogP contribution is 2.28. The maximum Gasteiger partial charge on any atom is 0.196 e. The Kier molecular flexibility index (Phi) is 3.96. The minimum absolute atomic E-state index is 0.0466. The molecule has 0 aliphatic carbocycles. The average Bonchev–Trinajstić information content (AvgIpc) is 2.93. The van der Waals surface area contributed by atoms with E-state index in [9.17, 15) is 4.79 Å². The van der Waals surface area contributed by atoms with E-state index in [0.29, 0.717) is 35.5 Å². The summed E-state index contributed by atoms with van der Waals surface area (Å²) in [5.41, 5.74) is 0.502. The predicted octanol–water partition coefficient (Wildman–Crippen LogP) is 2.39. The quantitative estimate of drug-likeness (QED) is 0.803. The summed E-state index contributed by atoms with van der Waals surface area (Å²) in [6.07, 6.45) is 1.94. The molecule has 4 nitrogen and oxygen atoms in total. The number of hydrogen-bond donors (Lipinski definition) is 0. The van der Waals surface area contributed by atoms with Gasteiger partial charge < -0.3 is 9.47 Å². The zero-order valence-electron chi connectivity index (χ0n) is 11.5. The molecular weight excluding hydrogens is 278 g/mol. The Balaban J connectivity index is 1.80. The number of carbonyl (C=O) groups is 1. The summed E-state index contributed by atoms with van der Waals surface area (Å²) in [6.45, 7) is 2.36. The number of hydrogen-bond acceptors (Lipinski definition) is 4. The molecule has 2 fully saturated rings. The van der Waals surface area contributed by atoms with Crippen molar-refractivity contribution in [3.8, 4) is 5.75 Å². The van der Waals surface area contributed by atoms with Gasteiger partial charge in [-0.05, 0) is 37.6 Å². The van der Waals surface area contributed by atoms with Crippen molar-refractivity contribution in [3.05, 3.63) is 28.8 Å². The molecule has 2 aliphatic rings. The van der Waals surface area contributed by atoms with Crippen LogP contribution >= 0.6 is 11.6 Å². The summed E-state index contributed by atoms with van der Waals surface area (Å²) >= 11 is 5.99. The SMILES string of the molecule is COc1ccc(Cl)cc1C(=O)C1CN2CCCC2CO1. The van der Waals surface area contributed by atoms with E-state index in [1.54, 1.807) is 25.3 Å². The van der Waals surface area contributed by atoms with Gasteiger partial charge >= 0.3 is 0 Å². The maximum atomic E-state index is 12.6. The van der Waals surface area contributed by atoms with Gasteiger partial charge in [0.2, 0.25) is 0 Å². The molecule has 108 valence electrons. The third kappa shape index (κ3) is 2.55. The molecule has 20 heavy (non-hydrogen) atoms. The molecule has 0 amide bonds. The highest BCUT2D eigenvalue weighted by molar-refractivity contribution is 6.31. The first-order valence-corrected chi connectivity index (χ1v) is 7.30. The summed E-state index contributed by atoms with van der Waals surface area (Å²) < 4.78 is 11.0. The fourth-order valence-electron chi connectivity index (χ4n) is 3.02. The van der Waals surface area contributed by atoms with Gasteiger partial charge in [-0.15, -0.1) is 0 Å². The number of benzene rings is 1. The second-order valence-corrected chi connectivity index (χ2v) is 5.76. The number of ketones is 1. The molecule has 2 atom stereocenters. The molecule has 3 rings (SSSR count). The van der Waals surface area contributed by atoms with Crippen molar-refractivity contribution in [2.45, 2.75) is 25.0 Å². The molecule has 0 bridgehead atoms. The van der Waals surface area contributed by atoms with Gasteiger partial charge in [-0.1, -0.05) is 11.6 Å². The smallest absolute Gasteiger partial charge is 0.196 e. The number of halogens is 1. The number of Topliss-reactive ketones (excluding diaryl/α,β-unsaturated/α-hetero) is 1. The second kappa shape index (κ2) is 5.72. The van der Waals surface area contributed by atoms with Gasteiger partial charge in [-0.3, -0.25) is 9.69 Å². The van der Waals surface area contributed by atoms with Gasteiger partial charge in [-0.2, -0.15) is 0 Å². The number of carbonyl (C=O) groups excluding carboxylic acids is 1. The van der Waals surface area contributed by atoms with Crippen LogP contribution in [0.1, 0.15) is 23.2 Å². The van der Waals surface area contributed by atoms with Crippen molar-refractivity contribution in [1.29, 1.82) is 0 Å². The molecule has 2 unspecified atom stereocenters. The standard InChI is InChI=1S/C15H18ClNO3/c1-19-13-5-4-10(16)7-12(13)15(18)14-8-17-6-2-3-11(17)9-20-14/h4-5,7,11,14H,2-3,6,8-9H2,1H3. The molecule has 1 aromatic carbocycles. The van der Waals surface area contributed by atoms with Crippen molar-refractivity contribution < 1.29 is 14.3 Å². The second-order valence-electron chi connectivity index (χ2n) is 5.32. The van der Waals surface area contributed by atoms with E-state index in [1.165, 1.54) is 12.8 Å². The van der Waals surface area contributed by atoms with Crippen LogP contribution in [0.15, 0.2) is 18.2 Å². The Bertz CT molecular complexity index is 520. The zero-order valence-corrected chi connectivity index (χ0v) is 12.2. The fourth-order valence-corrected chi connectivity index (χ4v) is 3.19. The lowest BCUT2D eigenvalue weighted by Gasteiger charge is -2.34. The number of fused-ring (bicyclic) bond motifs is 1. The lowest BCUT2D eigenvalue weighted by atomic mass is 10.0. The normalized spacial score (nSPS) is 26.3. The predicted molar refractivity (Wildman–Crippen MR) is 76.7 cm³/mol. The Morgan fingerprint density at radius 3 is 3.15 bits per heavy atom. The molecule has 2 heterocycles. The largest absolute Gasteiger partial charge is 0.496 e. The number of nitrogens with zero attached hydrogens (tertiary/aromatic N) is 1. The Morgan fingerprint density at radius 2 is 2.35 bits per heavy atom. The highest BCUT2D eigenvalue weighted by Gasteiger charge is 2.36. The molecule has 0 N–H and O–H groups in total. The summed E-state index contributed by atoms with van der Waals surface area (Å²) in [6, 6.07) is 5.58. The highest BCUT2D eigenvalue weighted by atomic mass is 35.5. The lowest BCUT2D eigenvalue weighted by Crippen LogP contribution is -2.49. The fraction of sp³-hybridized carbons (Fsp3) is 0.533. The molecule has 5 heteroatoms. The molecule has 0 radical (unpaired) electrons. The van der Waals surface area contributed by atoms with E-state index in [2.05, 4.69) is 4.90 Å². The number of ether oxygens (including phenoxy) is 2. The van der Waals surface area contributed by atoms with Crippen LogP contribution in [0.5, 0.6) is 5.75 Å². The van der Waals surface area contributed by atoms with Gasteiger partial charge in [0.15, 0.2) is 5.78 Å². The van der Waals surface area contributed by atoms with Crippen molar-refractivity contribution in [3.63, 3.8) is 0 Å². The van der Waals surface area contributed by atoms with E-state index in [-0.39, 0.29) is 5.78 Å². The third-order valence-corrected chi connectivity index (χ3v) is 4.34. The molecule has 0 spiro atoms. The molecule has 2 aliphatic heterocycles. The van der Waals surface area contributed by atoms with E-state index in [4.69, 9.17) is 21.1 Å². The summed E-state index contributed by atoms with van der Waals surface area (Å²) in [4.78, 5) is 15.0. The zero-order chi connectivity index (χ0) is 14.1. The van der Waals surface area contributed by atoms with Crippen LogP contribution < -0.4 is 4.74 Å². The van der Waals surface area contributed by atoms with Gasteiger partial charge in [0.05, 0.1) is 19.3 Å². The van der Waals surface area contributed by atoms with Crippen molar-refractivity contribution >= 4 is 17.4 Å². The van der Waals surface area contributed by atoms with Gasteiger partial charge in [0, 0.05) is 17.6 Å². The first kappa shape index (κ1) is 13.9. The number of methoxy groups -OCH3 is 1. The summed E-state index contributed by atoms with van der Waals surface area (Å²) in [7, 11) is 1.55. The third-order valence-electron chi connectivity index (χ3n) is 4.11. The minimum Gasteiger partial charge on any atom is -0.496 e. The van der Waals surface area contributed by atoms with Gasteiger partial charge in [0.1, 0.15) is 11.9 Å². The topological polar surface area (TPSA) is 38.8 Å². The van der Waals surface area contributed by atoms with Gasteiger partial charge in [-0.25, -0.2) is 0 Å². The van der Waals surface area contributed by atoms with Crippen molar-refractivity contribution in [2.24, 2.45) is 0 Å². The Labute approximate surface area is 123 Å². The molecule has 1 aromatic rings. The van der Waals surface area contributed by atoms with Gasteiger partial charge in [0.25, 0.3) is 0 Å². The first-order chi connectivity index (χ1) is 9.69. The van der Waals surface area contributed by atoms with E-state index in [0.717, 1.165) is 6.54 Å². The summed E-state index contributed by atoms with van der Waals surface area (Å²) in [5.74, 6) is 0.501. The number of rotatable bonds is 3. The van der Waals surface area contributed by atoms with Crippen LogP contribution in [-0.2, 0) is 4.74 Å². The van der Waals surface area contributed by atoms with Crippen molar-refractivity contribution in [1.82, 2.24) is 4.90 Å². The van der Waals surface area contributed by atoms with E-state index >= 15 is 0 Å². The Hall–Kier alpha value is -1.10. The molecular formula is C15H18ClNO3. The van der Waals surface area contributed by atoms with Crippen LogP contribution in [-0.4, -0.2) is 49.6 Å². The first-order valence-electron chi connectivity index (χ1n) is 6.92. The molecule has 0 aromatic heterocycles. The van der Waals surface area contributed by atoms with E-state index < -0.39 is 6.10 Å². The maximum absolute atomic E-state index is 12.6.